The van der Waals surface area contributed by atoms with Crippen LogP contribution in [0.25, 0.3) is 0 Å². The van der Waals surface area contributed by atoms with Crippen LogP contribution in [0.1, 0.15) is 40.5 Å². The highest BCUT2D eigenvalue weighted by Crippen LogP contribution is 2.15. The van der Waals surface area contributed by atoms with Gasteiger partial charge in [0.15, 0.2) is 0 Å². The standard InChI is InChI=1S/C14H26N2O4/c1-10(12(17)19-5)15-11-7-6-8-16(9-11)13(18)20-14(2,3)4/h10-11,15H,6-9H2,1-5H3. The van der Waals surface area contributed by atoms with Crippen LogP contribution < -0.4 is 5.32 Å². The Hall–Kier alpha value is -1.30. The Kier molecular flexibility index (Phi) is 5.80. The molecule has 1 aliphatic heterocycles. The number of rotatable bonds is 3. The highest BCUT2D eigenvalue weighted by atomic mass is 16.6. The van der Waals surface area contributed by atoms with Gasteiger partial charge in [0.05, 0.1) is 7.11 Å². The number of likely N-dealkylation sites (tertiary alicyclic amines) is 1. The molecule has 1 aliphatic rings. The molecular weight excluding hydrogens is 260 g/mol. The molecule has 0 bridgehead atoms. The molecule has 116 valence electrons. The lowest BCUT2D eigenvalue weighted by Gasteiger charge is -2.35. The zero-order valence-corrected chi connectivity index (χ0v) is 13.1. The predicted octanol–water partition coefficient (Wildman–Crippen LogP) is 1.54. The maximum atomic E-state index is 12.0. The van der Waals surface area contributed by atoms with E-state index in [4.69, 9.17) is 4.74 Å². The maximum Gasteiger partial charge on any atom is 0.410 e. The van der Waals surface area contributed by atoms with Gasteiger partial charge in [0, 0.05) is 19.1 Å². The van der Waals surface area contributed by atoms with Crippen LogP contribution in [0.4, 0.5) is 4.79 Å². The number of carbonyl (C=O) groups excluding carboxylic acids is 2. The first-order valence-electron chi connectivity index (χ1n) is 7.04. The van der Waals surface area contributed by atoms with Crippen molar-refractivity contribution in [3.05, 3.63) is 0 Å². The number of hydrogen-bond acceptors (Lipinski definition) is 5. The van der Waals surface area contributed by atoms with Crippen molar-refractivity contribution in [3.8, 4) is 0 Å². The van der Waals surface area contributed by atoms with Crippen LogP contribution in [0.3, 0.4) is 0 Å². The van der Waals surface area contributed by atoms with Gasteiger partial charge in [0.2, 0.25) is 0 Å². The molecule has 1 amide bonds. The monoisotopic (exact) mass is 286 g/mol. The molecule has 20 heavy (non-hydrogen) atoms. The summed E-state index contributed by atoms with van der Waals surface area (Å²) in [6, 6.07) is -0.283. The van der Waals surface area contributed by atoms with Gasteiger partial charge in [-0.2, -0.15) is 0 Å². The number of hydrogen-bond donors (Lipinski definition) is 1. The number of esters is 1. The molecule has 0 aromatic carbocycles. The van der Waals surface area contributed by atoms with E-state index in [1.807, 2.05) is 20.8 Å². The summed E-state index contributed by atoms with van der Waals surface area (Å²) in [6.45, 7) is 8.56. The molecule has 0 radical (unpaired) electrons. The van der Waals surface area contributed by atoms with Crippen LogP contribution in [-0.2, 0) is 14.3 Å². The topological polar surface area (TPSA) is 67.9 Å². The van der Waals surface area contributed by atoms with Crippen molar-refractivity contribution < 1.29 is 19.1 Å². The van der Waals surface area contributed by atoms with Crippen LogP contribution in [0.15, 0.2) is 0 Å². The van der Waals surface area contributed by atoms with E-state index in [0.29, 0.717) is 13.1 Å². The van der Waals surface area contributed by atoms with Crippen molar-refractivity contribution in [1.82, 2.24) is 10.2 Å². The molecule has 0 aliphatic carbocycles. The summed E-state index contributed by atoms with van der Waals surface area (Å²) >= 11 is 0. The van der Waals surface area contributed by atoms with E-state index in [1.165, 1.54) is 7.11 Å². The van der Waals surface area contributed by atoms with Crippen LogP contribution in [0.5, 0.6) is 0 Å². The smallest absolute Gasteiger partial charge is 0.410 e. The van der Waals surface area contributed by atoms with Gasteiger partial charge >= 0.3 is 12.1 Å². The van der Waals surface area contributed by atoms with Gasteiger partial charge in [-0.1, -0.05) is 0 Å². The van der Waals surface area contributed by atoms with E-state index in [1.54, 1.807) is 11.8 Å². The van der Waals surface area contributed by atoms with Crippen molar-refractivity contribution in [2.45, 2.75) is 58.2 Å². The molecule has 2 unspecified atom stereocenters. The minimum atomic E-state index is -0.489. The van der Waals surface area contributed by atoms with Gasteiger partial charge in [-0.25, -0.2) is 4.79 Å². The average molecular weight is 286 g/mol. The summed E-state index contributed by atoms with van der Waals surface area (Å²) in [5.41, 5.74) is -0.489. The van der Waals surface area contributed by atoms with E-state index < -0.39 is 5.60 Å². The van der Waals surface area contributed by atoms with Gasteiger partial charge in [-0.05, 0) is 40.5 Å². The Morgan fingerprint density at radius 2 is 2.00 bits per heavy atom. The highest BCUT2D eigenvalue weighted by molar-refractivity contribution is 5.75. The van der Waals surface area contributed by atoms with Gasteiger partial charge in [-0.3, -0.25) is 4.79 Å². The first-order valence-corrected chi connectivity index (χ1v) is 7.04. The number of amides is 1. The quantitative estimate of drug-likeness (QED) is 0.797. The summed E-state index contributed by atoms with van der Waals surface area (Å²) < 4.78 is 10.1. The third-order valence-corrected chi connectivity index (χ3v) is 3.11. The molecule has 0 aromatic rings. The first kappa shape index (κ1) is 16.8. The summed E-state index contributed by atoms with van der Waals surface area (Å²) in [6.07, 6.45) is 1.53. The minimum Gasteiger partial charge on any atom is -0.468 e. The number of nitrogens with one attached hydrogen (secondary N) is 1. The summed E-state index contributed by atoms with van der Waals surface area (Å²) in [4.78, 5) is 25.1. The average Bonchev–Trinajstić information content (AvgIpc) is 2.36. The van der Waals surface area contributed by atoms with Crippen molar-refractivity contribution in [1.29, 1.82) is 0 Å². The van der Waals surface area contributed by atoms with Crippen LogP contribution >= 0.6 is 0 Å². The molecule has 1 heterocycles. The van der Waals surface area contributed by atoms with E-state index in [-0.39, 0.29) is 24.1 Å². The van der Waals surface area contributed by atoms with E-state index in [0.717, 1.165) is 12.8 Å². The Bertz CT molecular complexity index is 352. The maximum absolute atomic E-state index is 12.0. The van der Waals surface area contributed by atoms with Gasteiger partial charge in [0.25, 0.3) is 0 Å². The van der Waals surface area contributed by atoms with Crippen LogP contribution in [0, 0.1) is 0 Å². The van der Waals surface area contributed by atoms with Crippen LogP contribution in [0.2, 0.25) is 0 Å². The second-order valence-electron chi connectivity index (χ2n) is 6.18. The third-order valence-electron chi connectivity index (χ3n) is 3.11. The third kappa shape index (κ3) is 5.36. The van der Waals surface area contributed by atoms with Crippen molar-refractivity contribution >= 4 is 12.1 Å². The number of nitrogens with zero attached hydrogens (tertiary/aromatic N) is 1. The number of piperidine rings is 1. The molecule has 2 atom stereocenters. The minimum absolute atomic E-state index is 0.0883. The molecule has 0 spiro atoms. The predicted molar refractivity (Wildman–Crippen MR) is 75.4 cm³/mol. The highest BCUT2D eigenvalue weighted by Gasteiger charge is 2.29. The fourth-order valence-electron chi connectivity index (χ4n) is 2.20. The van der Waals surface area contributed by atoms with Crippen LogP contribution in [-0.4, -0.2) is 54.8 Å². The molecule has 1 rings (SSSR count). The molecule has 1 fully saturated rings. The molecular formula is C14H26N2O4. The van der Waals surface area contributed by atoms with Gasteiger partial charge in [-0.15, -0.1) is 0 Å². The lowest BCUT2D eigenvalue weighted by atomic mass is 10.1. The molecule has 6 nitrogen and oxygen atoms in total. The van der Waals surface area contributed by atoms with E-state index in [2.05, 4.69) is 10.1 Å². The lowest BCUT2D eigenvalue weighted by Crippen LogP contribution is -2.52. The number of carbonyl (C=O) groups is 2. The summed E-state index contributed by atoms with van der Waals surface area (Å²) in [5, 5.41) is 3.19. The molecule has 0 aromatic heterocycles. The fourth-order valence-corrected chi connectivity index (χ4v) is 2.20. The largest absolute Gasteiger partial charge is 0.468 e. The van der Waals surface area contributed by atoms with Gasteiger partial charge < -0.3 is 19.7 Å². The summed E-state index contributed by atoms with van der Waals surface area (Å²) in [5.74, 6) is -0.292. The molecule has 1 N–H and O–H groups in total. The number of ether oxygens (including phenoxy) is 2. The second-order valence-corrected chi connectivity index (χ2v) is 6.18. The molecule has 0 saturated carbocycles. The van der Waals surface area contributed by atoms with Crippen molar-refractivity contribution in [2.24, 2.45) is 0 Å². The molecule has 6 heteroatoms. The number of methoxy groups -OCH3 is 1. The van der Waals surface area contributed by atoms with Gasteiger partial charge in [0.1, 0.15) is 11.6 Å². The zero-order chi connectivity index (χ0) is 15.3. The van der Waals surface area contributed by atoms with E-state index in [9.17, 15) is 9.59 Å². The Morgan fingerprint density at radius 1 is 1.35 bits per heavy atom. The van der Waals surface area contributed by atoms with Crippen molar-refractivity contribution in [3.63, 3.8) is 0 Å². The SMILES string of the molecule is COC(=O)C(C)NC1CCCN(C(=O)OC(C)(C)C)C1. The fraction of sp³-hybridized carbons (Fsp3) is 0.857. The summed E-state index contributed by atoms with van der Waals surface area (Å²) in [7, 11) is 1.37. The second kappa shape index (κ2) is 6.92. The Labute approximate surface area is 120 Å². The molecule has 1 saturated heterocycles. The zero-order valence-electron chi connectivity index (χ0n) is 13.1. The van der Waals surface area contributed by atoms with E-state index >= 15 is 0 Å². The normalized spacial score (nSPS) is 21.2. The Balaban J connectivity index is 2.50. The Morgan fingerprint density at radius 3 is 2.55 bits per heavy atom. The van der Waals surface area contributed by atoms with Crippen molar-refractivity contribution in [2.75, 3.05) is 20.2 Å². The lowest BCUT2D eigenvalue weighted by molar-refractivity contribution is -0.142. The first-order chi connectivity index (χ1) is 9.23.